The van der Waals surface area contributed by atoms with E-state index >= 15 is 0 Å². The summed E-state index contributed by atoms with van der Waals surface area (Å²) in [4.78, 5) is 11.6. The summed E-state index contributed by atoms with van der Waals surface area (Å²) in [5, 5.41) is 1.65. The van der Waals surface area contributed by atoms with Crippen LogP contribution in [0.15, 0.2) is 0 Å². The van der Waals surface area contributed by atoms with E-state index in [-0.39, 0.29) is 17.2 Å². The monoisotopic (exact) mass is 201 g/mol. The molecule has 0 spiro atoms. The van der Waals surface area contributed by atoms with Crippen LogP contribution < -0.4 is 11.2 Å². The maximum Gasteiger partial charge on any atom is 0.238 e. The van der Waals surface area contributed by atoms with Crippen molar-refractivity contribution in [1.29, 1.82) is 0 Å². The van der Waals surface area contributed by atoms with E-state index in [4.69, 9.17) is 5.73 Å². The minimum atomic E-state index is -0.0996. The zero-order valence-corrected chi connectivity index (χ0v) is 9.92. The van der Waals surface area contributed by atoms with Gasteiger partial charge in [0, 0.05) is 20.6 Å². The Morgan fingerprint density at radius 1 is 1.43 bits per heavy atom. The summed E-state index contributed by atoms with van der Waals surface area (Å²) in [5.41, 5.74) is 8.44. The maximum atomic E-state index is 11.6. The fraction of sp³-hybridized carbons (Fsp3) is 0.900. The Morgan fingerprint density at radius 2 is 1.93 bits per heavy atom. The summed E-state index contributed by atoms with van der Waals surface area (Å²) >= 11 is 0. The highest BCUT2D eigenvalue weighted by molar-refractivity contribution is 5.78. The first kappa shape index (κ1) is 13.4. The van der Waals surface area contributed by atoms with Gasteiger partial charge in [0.1, 0.15) is 0 Å². The zero-order chi connectivity index (χ0) is 11.4. The molecule has 4 nitrogen and oxygen atoms in total. The minimum absolute atomic E-state index is 0.00688. The van der Waals surface area contributed by atoms with Crippen LogP contribution in [0.2, 0.25) is 0 Å². The summed E-state index contributed by atoms with van der Waals surface area (Å²) < 4.78 is 0. The third-order valence-corrected chi connectivity index (χ3v) is 1.85. The third kappa shape index (κ3) is 5.94. The Kier molecular flexibility index (Phi) is 5.08. The van der Waals surface area contributed by atoms with Crippen molar-refractivity contribution in [2.75, 3.05) is 20.6 Å². The molecule has 0 aromatic rings. The molecular formula is C10H23N3O. The second-order valence-electron chi connectivity index (χ2n) is 5.07. The molecule has 0 aliphatic heterocycles. The van der Waals surface area contributed by atoms with E-state index in [1.807, 2.05) is 0 Å². The van der Waals surface area contributed by atoms with E-state index in [1.54, 1.807) is 19.1 Å². The molecule has 1 amide bonds. The smallest absolute Gasteiger partial charge is 0.238 e. The van der Waals surface area contributed by atoms with Crippen molar-refractivity contribution in [2.24, 2.45) is 17.1 Å². The molecule has 84 valence electrons. The van der Waals surface area contributed by atoms with Gasteiger partial charge in [-0.1, -0.05) is 20.8 Å². The lowest BCUT2D eigenvalue weighted by Gasteiger charge is -2.25. The Bertz CT molecular complexity index is 184. The molecule has 0 aliphatic rings. The number of nitrogens with two attached hydrogens (primary N) is 1. The average molecular weight is 201 g/mol. The van der Waals surface area contributed by atoms with Gasteiger partial charge in [0.05, 0.1) is 5.92 Å². The summed E-state index contributed by atoms with van der Waals surface area (Å²) in [7, 11) is 3.59. The molecule has 14 heavy (non-hydrogen) atoms. The molecule has 0 aliphatic carbocycles. The predicted octanol–water partition coefficient (Wildman–Crippen LogP) is 0.590. The normalized spacial score (nSPS) is 14.2. The minimum Gasteiger partial charge on any atom is -0.330 e. The van der Waals surface area contributed by atoms with Gasteiger partial charge in [-0.3, -0.25) is 10.2 Å². The molecule has 1 unspecified atom stereocenters. The number of carbonyl (C=O) groups excluding carboxylic acids is 1. The molecule has 0 aromatic carbocycles. The highest BCUT2D eigenvalue weighted by atomic mass is 16.2. The Morgan fingerprint density at radius 3 is 2.21 bits per heavy atom. The van der Waals surface area contributed by atoms with E-state index in [2.05, 4.69) is 26.2 Å². The van der Waals surface area contributed by atoms with Crippen molar-refractivity contribution < 1.29 is 4.79 Å². The molecule has 0 aromatic heterocycles. The topological polar surface area (TPSA) is 58.4 Å². The van der Waals surface area contributed by atoms with Gasteiger partial charge in [0.2, 0.25) is 5.91 Å². The van der Waals surface area contributed by atoms with Crippen molar-refractivity contribution in [2.45, 2.75) is 27.2 Å². The first-order valence-electron chi connectivity index (χ1n) is 4.94. The maximum absolute atomic E-state index is 11.6. The van der Waals surface area contributed by atoms with Gasteiger partial charge >= 0.3 is 0 Å². The zero-order valence-electron chi connectivity index (χ0n) is 9.92. The number of hydrazine groups is 1. The van der Waals surface area contributed by atoms with E-state index in [9.17, 15) is 4.79 Å². The highest BCUT2D eigenvalue weighted by Crippen LogP contribution is 2.23. The lowest BCUT2D eigenvalue weighted by atomic mass is 9.84. The second-order valence-corrected chi connectivity index (χ2v) is 5.07. The largest absolute Gasteiger partial charge is 0.330 e. The van der Waals surface area contributed by atoms with Crippen molar-refractivity contribution in [3.63, 3.8) is 0 Å². The lowest BCUT2D eigenvalue weighted by molar-refractivity contribution is -0.129. The summed E-state index contributed by atoms with van der Waals surface area (Å²) in [6.45, 7) is 6.73. The van der Waals surface area contributed by atoms with Crippen LogP contribution >= 0.6 is 0 Å². The molecule has 0 heterocycles. The number of nitrogens with one attached hydrogen (secondary N) is 1. The lowest BCUT2D eigenvalue weighted by Crippen LogP contribution is -2.43. The van der Waals surface area contributed by atoms with Crippen molar-refractivity contribution in [1.82, 2.24) is 10.4 Å². The molecule has 0 fully saturated rings. The number of nitrogens with zero attached hydrogens (tertiary/aromatic N) is 1. The van der Waals surface area contributed by atoms with Crippen LogP contribution in [-0.4, -0.2) is 31.6 Å². The summed E-state index contributed by atoms with van der Waals surface area (Å²) in [5.74, 6) is -0.0928. The highest BCUT2D eigenvalue weighted by Gasteiger charge is 2.23. The van der Waals surface area contributed by atoms with E-state index in [0.717, 1.165) is 6.42 Å². The second kappa shape index (κ2) is 5.32. The van der Waals surface area contributed by atoms with Gasteiger partial charge in [0.15, 0.2) is 0 Å². The summed E-state index contributed by atoms with van der Waals surface area (Å²) in [6.07, 6.45) is 0.809. The van der Waals surface area contributed by atoms with Crippen LogP contribution in [0.1, 0.15) is 27.2 Å². The van der Waals surface area contributed by atoms with Gasteiger partial charge in [-0.15, -0.1) is 0 Å². The van der Waals surface area contributed by atoms with Crippen LogP contribution in [-0.2, 0) is 4.79 Å². The molecule has 0 bridgehead atoms. The Hall–Kier alpha value is -0.610. The molecule has 0 radical (unpaired) electrons. The van der Waals surface area contributed by atoms with Crippen LogP contribution in [0.25, 0.3) is 0 Å². The Balaban J connectivity index is 4.20. The van der Waals surface area contributed by atoms with Gasteiger partial charge in [-0.2, -0.15) is 0 Å². The van der Waals surface area contributed by atoms with Gasteiger partial charge < -0.3 is 5.73 Å². The molecule has 0 saturated carbocycles. The number of hydrogen-bond donors (Lipinski definition) is 2. The number of hydrogen-bond acceptors (Lipinski definition) is 3. The molecule has 3 N–H and O–H groups in total. The predicted molar refractivity (Wildman–Crippen MR) is 58.4 cm³/mol. The fourth-order valence-electron chi connectivity index (χ4n) is 1.33. The van der Waals surface area contributed by atoms with E-state index < -0.39 is 0 Å². The van der Waals surface area contributed by atoms with Crippen LogP contribution in [0.4, 0.5) is 0 Å². The van der Waals surface area contributed by atoms with Gasteiger partial charge in [0.25, 0.3) is 0 Å². The SMILES string of the molecule is CN(C)NC(=O)C(CN)CC(C)(C)C. The van der Waals surface area contributed by atoms with E-state index in [1.165, 1.54) is 0 Å². The van der Waals surface area contributed by atoms with Crippen molar-refractivity contribution in [3.8, 4) is 0 Å². The average Bonchev–Trinajstić information content (AvgIpc) is 1.96. The molecule has 0 rings (SSSR count). The number of carbonyl (C=O) groups is 1. The standard InChI is InChI=1S/C10H23N3O/c1-10(2,3)6-8(7-11)9(14)12-13(4)5/h8H,6-7,11H2,1-5H3,(H,12,14). The van der Waals surface area contributed by atoms with Crippen LogP contribution in [0, 0.1) is 11.3 Å². The molecule has 4 heteroatoms. The third-order valence-electron chi connectivity index (χ3n) is 1.85. The van der Waals surface area contributed by atoms with Crippen molar-refractivity contribution >= 4 is 5.91 Å². The van der Waals surface area contributed by atoms with Crippen LogP contribution in [0.3, 0.4) is 0 Å². The van der Waals surface area contributed by atoms with E-state index in [0.29, 0.717) is 6.54 Å². The number of amides is 1. The quantitative estimate of drug-likeness (QED) is 0.655. The number of rotatable bonds is 4. The summed E-state index contributed by atoms with van der Waals surface area (Å²) in [6, 6.07) is 0. The van der Waals surface area contributed by atoms with Crippen molar-refractivity contribution in [3.05, 3.63) is 0 Å². The molecular weight excluding hydrogens is 178 g/mol. The molecule has 1 atom stereocenters. The first-order valence-corrected chi connectivity index (χ1v) is 4.94. The van der Waals surface area contributed by atoms with Gasteiger partial charge in [-0.05, 0) is 11.8 Å². The van der Waals surface area contributed by atoms with Gasteiger partial charge in [-0.25, -0.2) is 5.01 Å². The Labute approximate surface area is 86.8 Å². The van der Waals surface area contributed by atoms with Crippen LogP contribution in [0.5, 0.6) is 0 Å². The first-order chi connectivity index (χ1) is 6.26. The fourth-order valence-corrected chi connectivity index (χ4v) is 1.33. The molecule has 0 saturated heterocycles.